The topological polar surface area (TPSA) is 34.9 Å². The van der Waals surface area contributed by atoms with Gasteiger partial charge < -0.3 is 0 Å². The Morgan fingerprint density at radius 1 is 1.77 bits per heavy atom. The molecule has 0 saturated heterocycles. The second-order valence-electron chi connectivity index (χ2n) is 2.78. The fourth-order valence-corrected chi connectivity index (χ4v) is 1.36. The molecule has 0 aliphatic carbocycles. The molecular weight excluding hydrogens is 279 g/mol. The van der Waals surface area contributed by atoms with E-state index in [4.69, 9.17) is 0 Å². The van der Waals surface area contributed by atoms with Crippen LogP contribution in [-0.2, 0) is 6.54 Å². The highest BCUT2D eigenvalue weighted by molar-refractivity contribution is 14.1. The molecule has 13 heavy (non-hydrogen) atoms. The van der Waals surface area contributed by atoms with Gasteiger partial charge in [0.25, 0.3) is 5.56 Å². The smallest absolute Gasteiger partial charge is 0.267 e. The van der Waals surface area contributed by atoms with E-state index in [-0.39, 0.29) is 5.56 Å². The average Bonchev–Trinajstić information content (AvgIpc) is 2.13. The summed E-state index contributed by atoms with van der Waals surface area (Å²) in [6.45, 7) is 6.44. The molecule has 1 aromatic heterocycles. The minimum Gasteiger partial charge on any atom is -0.294 e. The van der Waals surface area contributed by atoms with Crippen LogP contribution in [0, 0.1) is 3.57 Å². The molecule has 1 rings (SSSR count). The highest BCUT2D eigenvalue weighted by atomic mass is 127. The van der Waals surface area contributed by atoms with Gasteiger partial charge in [0.05, 0.1) is 9.90 Å². The van der Waals surface area contributed by atoms with Crippen LogP contribution in [0.1, 0.15) is 13.3 Å². The molecule has 0 amide bonds. The Labute approximate surface area is 90.6 Å². The van der Waals surface area contributed by atoms with E-state index in [1.54, 1.807) is 17.1 Å². The fourth-order valence-electron chi connectivity index (χ4n) is 0.889. The lowest BCUT2D eigenvalue weighted by Crippen LogP contribution is -2.23. The van der Waals surface area contributed by atoms with Crippen molar-refractivity contribution in [2.75, 3.05) is 0 Å². The molecular formula is C9H11IN2O. The van der Waals surface area contributed by atoms with Crippen molar-refractivity contribution in [1.29, 1.82) is 0 Å². The Morgan fingerprint density at radius 2 is 2.46 bits per heavy atom. The molecule has 0 bridgehead atoms. The van der Waals surface area contributed by atoms with Crippen molar-refractivity contribution in [3.8, 4) is 0 Å². The van der Waals surface area contributed by atoms with Gasteiger partial charge in [-0.15, -0.1) is 0 Å². The first-order valence-corrected chi connectivity index (χ1v) is 5.09. The third-order valence-corrected chi connectivity index (χ3v) is 2.49. The molecule has 0 atom stereocenters. The van der Waals surface area contributed by atoms with E-state index in [1.807, 2.05) is 29.5 Å². The minimum absolute atomic E-state index is 0.00481. The van der Waals surface area contributed by atoms with Crippen LogP contribution in [0.2, 0.25) is 0 Å². The Balaban J connectivity index is 2.96. The van der Waals surface area contributed by atoms with E-state index >= 15 is 0 Å². The van der Waals surface area contributed by atoms with Crippen molar-refractivity contribution in [2.45, 2.75) is 19.9 Å². The van der Waals surface area contributed by atoms with Gasteiger partial charge in [-0.05, 0) is 29.0 Å². The third kappa shape index (κ3) is 2.65. The first-order chi connectivity index (χ1) is 6.15. The van der Waals surface area contributed by atoms with E-state index in [2.05, 4.69) is 11.6 Å². The van der Waals surface area contributed by atoms with Crippen LogP contribution in [0.3, 0.4) is 0 Å². The molecule has 0 saturated carbocycles. The highest BCUT2D eigenvalue weighted by Crippen LogP contribution is 2.00. The van der Waals surface area contributed by atoms with Crippen molar-refractivity contribution in [3.05, 3.63) is 38.6 Å². The van der Waals surface area contributed by atoms with Crippen molar-refractivity contribution in [1.82, 2.24) is 9.55 Å². The van der Waals surface area contributed by atoms with Crippen LogP contribution in [0.5, 0.6) is 0 Å². The molecule has 0 spiro atoms. The number of nitrogens with zero attached hydrogens (tertiary/aromatic N) is 2. The molecule has 0 aromatic carbocycles. The van der Waals surface area contributed by atoms with Crippen LogP contribution in [0.4, 0.5) is 0 Å². The lowest BCUT2D eigenvalue weighted by Gasteiger charge is -2.05. The standard InChI is InChI=1S/C9H11IN2O/c1-3-7(2)5-12-6-11-4-8(10)9(12)13/h4,6H,2-3,5H2,1H3. The van der Waals surface area contributed by atoms with Gasteiger partial charge in [0.1, 0.15) is 0 Å². The second-order valence-corrected chi connectivity index (χ2v) is 3.94. The van der Waals surface area contributed by atoms with Crippen LogP contribution < -0.4 is 5.56 Å². The monoisotopic (exact) mass is 290 g/mol. The minimum atomic E-state index is 0.00481. The zero-order valence-electron chi connectivity index (χ0n) is 7.46. The summed E-state index contributed by atoms with van der Waals surface area (Å²) in [6.07, 6.45) is 4.00. The van der Waals surface area contributed by atoms with Crippen LogP contribution in [0.15, 0.2) is 29.5 Å². The van der Waals surface area contributed by atoms with Crippen LogP contribution in [-0.4, -0.2) is 9.55 Å². The molecule has 0 unspecified atom stereocenters. The summed E-state index contributed by atoms with van der Waals surface area (Å²) in [5.41, 5.74) is 1.04. The van der Waals surface area contributed by atoms with E-state index < -0.39 is 0 Å². The average molecular weight is 290 g/mol. The molecule has 0 aliphatic heterocycles. The van der Waals surface area contributed by atoms with E-state index in [0.29, 0.717) is 10.1 Å². The SMILES string of the molecule is C=C(CC)Cn1cncc(I)c1=O. The van der Waals surface area contributed by atoms with Crippen LogP contribution >= 0.6 is 22.6 Å². The predicted molar refractivity (Wildman–Crippen MR) is 60.6 cm³/mol. The number of hydrogen-bond donors (Lipinski definition) is 0. The van der Waals surface area contributed by atoms with Gasteiger partial charge >= 0.3 is 0 Å². The molecule has 0 radical (unpaired) electrons. The molecule has 70 valence electrons. The normalized spacial score (nSPS) is 10.0. The summed E-state index contributed by atoms with van der Waals surface area (Å²) in [5.74, 6) is 0. The Kier molecular flexibility index (Phi) is 3.65. The first-order valence-electron chi connectivity index (χ1n) is 4.01. The van der Waals surface area contributed by atoms with Gasteiger partial charge in [-0.25, -0.2) is 4.98 Å². The molecule has 4 heteroatoms. The zero-order valence-corrected chi connectivity index (χ0v) is 9.61. The lowest BCUT2D eigenvalue weighted by atomic mass is 10.2. The number of rotatable bonds is 3. The van der Waals surface area contributed by atoms with Gasteiger partial charge in [-0.3, -0.25) is 9.36 Å². The van der Waals surface area contributed by atoms with Gasteiger partial charge in [-0.2, -0.15) is 0 Å². The first kappa shape index (κ1) is 10.4. The Morgan fingerprint density at radius 3 is 3.08 bits per heavy atom. The summed E-state index contributed by atoms with van der Waals surface area (Å²) in [7, 11) is 0. The summed E-state index contributed by atoms with van der Waals surface area (Å²) in [4.78, 5) is 15.4. The Hall–Kier alpha value is -0.650. The van der Waals surface area contributed by atoms with Crippen molar-refractivity contribution < 1.29 is 0 Å². The van der Waals surface area contributed by atoms with Crippen molar-refractivity contribution in [3.63, 3.8) is 0 Å². The predicted octanol–water partition coefficient (Wildman–Crippen LogP) is 1.81. The van der Waals surface area contributed by atoms with Gasteiger partial charge in [0.15, 0.2) is 0 Å². The third-order valence-electron chi connectivity index (χ3n) is 1.75. The highest BCUT2D eigenvalue weighted by Gasteiger charge is 2.00. The number of allylic oxidation sites excluding steroid dienone is 1. The number of hydrogen-bond acceptors (Lipinski definition) is 2. The van der Waals surface area contributed by atoms with Crippen LogP contribution in [0.25, 0.3) is 0 Å². The molecule has 0 fully saturated rings. The Bertz CT molecular complexity index is 370. The van der Waals surface area contributed by atoms with Gasteiger partial charge in [0.2, 0.25) is 0 Å². The summed E-state index contributed by atoms with van der Waals surface area (Å²) in [6, 6.07) is 0. The van der Waals surface area contributed by atoms with E-state index in [0.717, 1.165) is 12.0 Å². The zero-order chi connectivity index (χ0) is 9.84. The van der Waals surface area contributed by atoms with Gasteiger partial charge in [0, 0.05) is 12.7 Å². The summed E-state index contributed by atoms with van der Waals surface area (Å²) >= 11 is 1.98. The molecule has 1 aromatic rings. The molecule has 0 aliphatic rings. The van der Waals surface area contributed by atoms with E-state index in [9.17, 15) is 4.79 Å². The van der Waals surface area contributed by atoms with Gasteiger partial charge in [-0.1, -0.05) is 19.1 Å². The fraction of sp³-hybridized carbons (Fsp3) is 0.333. The van der Waals surface area contributed by atoms with Crippen molar-refractivity contribution in [2.24, 2.45) is 0 Å². The van der Waals surface area contributed by atoms with E-state index in [1.165, 1.54) is 0 Å². The molecule has 3 nitrogen and oxygen atoms in total. The summed E-state index contributed by atoms with van der Waals surface area (Å²) < 4.78 is 2.22. The number of halogens is 1. The quantitative estimate of drug-likeness (QED) is 0.628. The molecule has 1 heterocycles. The maximum Gasteiger partial charge on any atom is 0.267 e. The van der Waals surface area contributed by atoms with Crippen molar-refractivity contribution >= 4 is 22.6 Å². The largest absolute Gasteiger partial charge is 0.294 e. The molecule has 0 N–H and O–H groups in total. The number of aromatic nitrogens is 2. The maximum absolute atomic E-state index is 11.5. The lowest BCUT2D eigenvalue weighted by molar-refractivity contribution is 0.704. The summed E-state index contributed by atoms with van der Waals surface area (Å²) in [5, 5.41) is 0. The maximum atomic E-state index is 11.5. The second kappa shape index (κ2) is 4.55.